The SMILES string of the molecule is CCCCCCCCCCC(=C(OC)OC)[N+](C)(C)C. The number of allylic oxidation sites excluding steroid dienone is 1. The predicted molar refractivity (Wildman–Crippen MR) is 86.3 cm³/mol. The van der Waals surface area contributed by atoms with Gasteiger partial charge in [0.1, 0.15) is 0 Å². The maximum atomic E-state index is 5.35. The van der Waals surface area contributed by atoms with Gasteiger partial charge in [0.15, 0.2) is 5.70 Å². The summed E-state index contributed by atoms with van der Waals surface area (Å²) in [5.74, 6) is 0.681. The molecule has 0 atom stereocenters. The highest BCUT2D eigenvalue weighted by molar-refractivity contribution is 4.94. The fraction of sp³-hybridized carbons (Fsp3) is 0.882. The van der Waals surface area contributed by atoms with Crippen molar-refractivity contribution < 1.29 is 14.0 Å². The van der Waals surface area contributed by atoms with Crippen LogP contribution in [0.25, 0.3) is 0 Å². The fourth-order valence-electron chi connectivity index (χ4n) is 2.46. The minimum Gasteiger partial charge on any atom is -0.465 e. The molecule has 0 aliphatic heterocycles. The van der Waals surface area contributed by atoms with Crippen LogP contribution in [0.5, 0.6) is 0 Å². The maximum absolute atomic E-state index is 5.35. The van der Waals surface area contributed by atoms with E-state index >= 15 is 0 Å². The van der Waals surface area contributed by atoms with Crippen molar-refractivity contribution in [2.24, 2.45) is 0 Å². The van der Waals surface area contributed by atoms with Gasteiger partial charge in [-0.3, -0.25) is 4.48 Å². The lowest BCUT2D eigenvalue weighted by molar-refractivity contribution is -0.834. The summed E-state index contributed by atoms with van der Waals surface area (Å²) in [7, 11) is 9.86. The Bertz CT molecular complexity index is 261. The number of unbranched alkanes of at least 4 members (excludes halogenated alkanes) is 7. The highest BCUT2D eigenvalue weighted by Crippen LogP contribution is 2.22. The summed E-state index contributed by atoms with van der Waals surface area (Å²) in [5, 5.41) is 0. The van der Waals surface area contributed by atoms with Crippen LogP contribution in [-0.4, -0.2) is 39.8 Å². The second kappa shape index (κ2) is 11.0. The van der Waals surface area contributed by atoms with Crippen LogP contribution in [0, 0.1) is 0 Å². The standard InChI is InChI=1S/C17H36NO2/c1-7-8-9-10-11-12-13-14-15-16(18(2,3)4)17(19-5)20-6/h7-15H2,1-6H3/q+1. The normalized spacial score (nSPS) is 11.3. The number of quaternary nitrogens is 1. The first-order chi connectivity index (χ1) is 9.47. The average molecular weight is 286 g/mol. The van der Waals surface area contributed by atoms with Crippen molar-refractivity contribution in [3.8, 4) is 0 Å². The molecule has 0 aromatic heterocycles. The van der Waals surface area contributed by atoms with E-state index in [1.54, 1.807) is 14.2 Å². The zero-order valence-corrected chi connectivity index (χ0v) is 14.6. The number of nitrogens with zero attached hydrogens (tertiary/aromatic N) is 1. The van der Waals surface area contributed by atoms with Gasteiger partial charge < -0.3 is 9.47 Å². The van der Waals surface area contributed by atoms with Gasteiger partial charge in [-0.2, -0.15) is 0 Å². The van der Waals surface area contributed by atoms with E-state index in [2.05, 4.69) is 28.1 Å². The molecule has 0 aromatic rings. The van der Waals surface area contributed by atoms with E-state index in [0.717, 1.165) is 10.9 Å². The van der Waals surface area contributed by atoms with E-state index < -0.39 is 0 Å². The summed E-state index contributed by atoms with van der Waals surface area (Å²) in [6.45, 7) is 2.27. The Balaban J connectivity index is 4.03. The lowest BCUT2D eigenvalue weighted by Crippen LogP contribution is -2.35. The van der Waals surface area contributed by atoms with Gasteiger partial charge in [-0.1, -0.05) is 51.9 Å². The first-order valence-electron chi connectivity index (χ1n) is 8.10. The Labute approximate surface area is 126 Å². The molecule has 0 heterocycles. The molecule has 0 unspecified atom stereocenters. The van der Waals surface area contributed by atoms with E-state index in [4.69, 9.17) is 9.47 Å². The van der Waals surface area contributed by atoms with Gasteiger partial charge in [-0.25, -0.2) is 0 Å². The third-order valence-corrected chi connectivity index (χ3v) is 3.68. The Morgan fingerprint density at radius 2 is 1.20 bits per heavy atom. The molecule has 0 aliphatic rings. The lowest BCUT2D eigenvalue weighted by atomic mass is 10.1. The van der Waals surface area contributed by atoms with Gasteiger partial charge >= 0.3 is 5.95 Å². The molecule has 0 amide bonds. The quantitative estimate of drug-likeness (QED) is 0.294. The maximum Gasteiger partial charge on any atom is 0.338 e. The molecule has 0 N–H and O–H groups in total. The number of rotatable bonds is 12. The molecular formula is C17H36NO2+. The number of hydrogen-bond donors (Lipinski definition) is 0. The van der Waals surface area contributed by atoms with E-state index in [-0.39, 0.29) is 0 Å². The second-order valence-corrected chi connectivity index (χ2v) is 6.38. The zero-order valence-electron chi connectivity index (χ0n) is 14.6. The highest BCUT2D eigenvalue weighted by atomic mass is 16.7. The van der Waals surface area contributed by atoms with Crippen LogP contribution in [-0.2, 0) is 9.47 Å². The molecule has 120 valence electrons. The molecule has 0 radical (unpaired) electrons. The van der Waals surface area contributed by atoms with Gasteiger partial charge in [0.05, 0.1) is 35.4 Å². The number of hydrogen-bond acceptors (Lipinski definition) is 2. The summed E-state index contributed by atoms with van der Waals surface area (Å²) in [4.78, 5) is 0. The predicted octanol–water partition coefficient (Wildman–Crippen LogP) is 4.69. The monoisotopic (exact) mass is 286 g/mol. The van der Waals surface area contributed by atoms with Crippen molar-refractivity contribution >= 4 is 0 Å². The summed E-state index contributed by atoms with van der Waals surface area (Å²) in [5.41, 5.74) is 1.24. The summed E-state index contributed by atoms with van der Waals surface area (Å²) < 4.78 is 11.5. The van der Waals surface area contributed by atoms with Crippen molar-refractivity contribution in [3.63, 3.8) is 0 Å². The molecule has 3 nitrogen and oxygen atoms in total. The third kappa shape index (κ3) is 8.47. The van der Waals surface area contributed by atoms with Gasteiger partial charge in [0.25, 0.3) is 0 Å². The van der Waals surface area contributed by atoms with Crippen LogP contribution in [0.3, 0.4) is 0 Å². The minimum absolute atomic E-state index is 0.681. The van der Waals surface area contributed by atoms with E-state index in [9.17, 15) is 0 Å². The molecule has 0 rings (SSSR count). The molecule has 0 aromatic carbocycles. The number of ether oxygens (including phenoxy) is 2. The zero-order chi connectivity index (χ0) is 15.4. The van der Waals surface area contributed by atoms with Gasteiger partial charge in [-0.15, -0.1) is 0 Å². The molecular weight excluding hydrogens is 250 g/mol. The molecule has 0 saturated carbocycles. The van der Waals surface area contributed by atoms with Gasteiger partial charge in [-0.05, 0) is 6.42 Å². The summed E-state index contributed by atoms with van der Waals surface area (Å²) >= 11 is 0. The van der Waals surface area contributed by atoms with Crippen LogP contribution in [0.15, 0.2) is 11.6 Å². The molecule has 20 heavy (non-hydrogen) atoms. The Morgan fingerprint density at radius 1 is 0.750 bits per heavy atom. The first-order valence-corrected chi connectivity index (χ1v) is 8.10. The molecule has 0 aliphatic carbocycles. The van der Waals surface area contributed by atoms with Crippen LogP contribution in [0.1, 0.15) is 64.7 Å². The summed E-state index contributed by atoms with van der Waals surface area (Å²) in [6.07, 6.45) is 11.8. The van der Waals surface area contributed by atoms with Crippen molar-refractivity contribution in [1.82, 2.24) is 0 Å². The Kier molecular flexibility index (Phi) is 10.6. The Morgan fingerprint density at radius 3 is 1.60 bits per heavy atom. The molecule has 0 bridgehead atoms. The first kappa shape index (κ1) is 19.3. The molecule has 0 spiro atoms. The topological polar surface area (TPSA) is 18.5 Å². The van der Waals surface area contributed by atoms with E-state index in [1.807, 2.05) is 0 Å². The van der Waals surface area contributed by atoms with Crippen molar-refractivity contribution in [3.05, 3.63) is 11.6 Å². The van der Waals surface area contributed by atoms with Crippen LogP contribution in [0.4, 0.5) is 0 Å². The highest BCUT2D eigenvalue weighted by Gasteiger charge is 2.23. The van der Waals surface area contributed by atoms with Crippen LogP contribution >= 0.6 is 0 Å². The largest absolute Gasteiger partial charge is 0.465 e. The molecule has 0 fully saturated rings. The van der Waals surface area contributed by atoms with Crippen LogP contribution < -0.4 is 0 Å². The van der Waals surface area contributed by atoms with Crippen molar-refractivity contribution in [2.45, 2.75) is 64.7 Å². The smallest absolute Gasteiger partial charge is 0.338 e. The molecule has 3 heteroatoms. The van der Waals surface area contributed by atoms with Gasteiger partial charge in [0, 0.05) is 6.42 Å². The van der Waals surface area contributed by atoms with Gasteiger partial charge in [0.2, 0.25) is 0 Å². The average Bonchev–Trinajstić information content (AvgIpc) is 2.39. The van der Waals surface area contributed by atoms with Crippen molar-refractivity contribution in [2.75, 3.05) is 35.4 Å². The Hall–Kier alpha value is -0.700. The number of methoxy groups -OCH3 is 2. The fourth-order valence-corrected chi connectivity index (χ4v) is 2.46. The summed E-state index contributed by atoms with van der Waals surface area (Å²) in [6, 6.07) is 0. The second-order valence-electron chi connectivity index (χ2n) is 6.38. The van der Waals surface area contributed by atoms with Crippen LogP contribution in [0.2, 0.25) is 0 Å². The molecule has 0 saturated heterocycles. The van der Waals surface area contributed by atoms with Crippen molar-refractivity contribution in [1.29, 1.82) is 0 Å². The van der Waals surface area contributed by atoms with E-state index in [0.29, 0.717) is 5.95 Å². The lowest BCUT2D eigenvalue weighted by Gasteiger charge is -2.27. The van der Waals surface area contributed by atoms with E-state index in [1.165, 1.54) is 57.1 Å². The third-order valence-electron chi connectivity index (χ3n) is 3.68. The minimum atomic E-state index is 0.681.